The van der Waals surface area contributed by atoms with Crippen molar-refractivity contribution in [2.24, 2.45) is 0 Å². The smallest absolute Gasteiger partial charge is 0.223 e. The summed E-state index contributed by atoms with van der Waals surface area (Å²) < 4.78 is 1.90. The number of fused-ring (bicyclic) bond motifs is 1. The molecule has 0 unspecified atom stereocenters. The number of nitrogens with zero attached hydrogens (tertiary/aromatic N) is 3. The van der Waals surface area contributed by atoms with E-state index in [-0.39, 0.29) is 24.3 Å². The zero-order chi connectivity index (χ0) is 16.9. The van der Waals surface area contributed by atoms with Crippen LogP contribution in [0.2, 0.25) is 0 Å². The molecule has 2 heterocycles. The van der Waals surface area contributed by atoms with E-state index in [0.29, 0.717) is 13.1 Å². The van der Waals surface area contributed by atoms with Gasteiger partial charge in [0.1, 0.15) is 0 Å². The third-order valence-electron chi connectivity index (χ3n) is 4.10. The van der Waals surface area contributed by atoms with E-state index in [1.807, 2.05) is 41.1 Å². The lowest BCUT2D eigenvalue weighted by Crippen LogP contribution is -2.36. The summed E-state index contributed by atoms with van der Waals surface area (Å²) in [5, 5.41) is 2.91. The molecule has 0 bridgehead atoms. The van der Waals surface area contributed by atoms with Crippen molar-refractivity contribution in [3.63, 3.8) is 0 Å². The number of imidazole rings is 1. The van der Waals surface area contributed by atoms with Crippen LogP contribution in [0.3, 0.4) is 0 Å². The largest absolute Gasteiger partial charge is 0.354 e. The molecule has 6 nitrogen and oxygen atoms in total. The van der Waals surface area contributed by atoms with E-state index in [2.05, 4.69) is 10.3 Å². The highest BCUT2D eigenvalue weighted by atomic mass is 16.2. The third-order valence-corrected chi connectivity index (χ3v) is 4.10. The molecule has 0 aliphatic carbocycles. The standard InChI is InChI=1S/C18H20N4O2/c1-14(23)22-9-6-15-4-2-3-5-16(15)17(22)12-18(24)20-8-11-21-10-7-19-13-21/h2-7,9-10,13,17H,8,11-12H2,1H3,(H,20,24)/t17-/m0/s1. The highest BCUT2D eigenvalue weighted by Gasteiger charge is 2.27. The summed E-state index contributed by atoms with van der Waals surface area (Å²) in [5.74, 6) is -0.145. The van der Waals surface area contributed by atoms with Gasteiger partial charge in [0.15, 0.2) is 0 Å². The van der Waals surface area contributed by atoms with Gasteiger partial charge in [0.2, 0.25) is 11.8 Å². The Kier molecular flexibility index (Phi) is 4.74. The molecule has 0 radical (unpaired) electrons. The first-order valence-corrected chi connectivity index (χ1v) is 7.93. The number of carbonyl (C=O) groups is 2. The second-order valence-corrected chi connectivity index (χ2v) is 5.74. The van der Waals surface area contributed by atoms with Gasteiger partial charge in [-0.1, -0.05) is 24.3 Å². The molecule has 24 heavy (non-hydrogen) atoms. The minimum Gasteiger partial charge on any atom is -0.354 e. The van der Waals surface area contributed by atoms with E-state index >= 15 is 0 Å². The normalized spacial score (nSPS) is 15.9. The topological polar surface area (TPSA) is 67.2 Å². The van der Waals surface area contributed by atoms with Gasteiger partial charge in [-0.05, 0) is 17.2 Å². The van der Waals surface area contributed by atoms with Gasteiger partial charge < -0.3 is 14.8 Å². The van der Waals surface area contributed by atoms with Crippen molar-refractivity contribution in [1.29, 1.82) is 0 Å². The van der Waals surface area contributed by atoms with Crippen LogP contribution in [0, 0.1) is 0 Å². The van der Waals surface area contributed by atoms with Gasteiger partial charge in [-0.2, -0.15) is 0 Å². The quantitative estimate of drug-likeness (QED) is 0.914. The van der Waals surface area contributed by atoms with Gasteiger partial charge >= 0.3 is 0 Å². The molecule has 0 saturated heterocycles. The van der Waals surface area contributed by atoms with Crippen molar-refractivity contribution >= 4 is 17.9 Å². The molecule has 6 heteroatoms. The average Bonchev–Trinajstić information content (AvgIpc) is 3.08. The minimum absolute atomic E-state index is 0.0723. The molecule has 1 aromatic heterocycles. The Balaban J connectivity index is 1.65. The van der Waals surface area contributed by atoms with E-state index in [0.717, 1.165) is 11.1 Å². The summed E-state index contributed by atoms with van der Waals surface area (Å²) in [7, 11) is 0. The molecule has 2 amide bonds. The molecule has 2 aromatic rings. The number of hydrogen-bond acceptors (Lipinski definition) is 3. The SMILES string of the molecule is CC(=O)N1C=Cc2ccccc2[C@@H]1CC(=O)NCCn1ccnc1. The number of hydrogen-bond donors (Lipinski definition) is 1. The van der Waals surface area contributed by atoms with Crippen molar-refractivity contribution in [1.82, 2.24) is 19.8 Å². The molecule has 1 N–H and O–H groups in total. The van der Waals surface area contributed by atoms with Crippen LogP contribution in [0.4, 0.5) is 0 Å². The van der Waals surface area contributed by atoms with Crippen LogP contribution in [-0.4, -0.2) is 32.8 Å². The van der Waals surface area contributed by atoms with Crippen molar-refractivity contribution in [2.45, 2.75) is 25.9 Å². The van der Waals surface area contributed by atoms with Crippen LogP contribution in [0.15, 0.2) is 49.2 Å². The number of aromatic nitrogens is 2. The fraction of sp³-hybridized carbons (Fsp3) is 0.278. The Morgan fingerprint density at radius 2 is 2.12 bits per heavy atom. The fourth-order valence-corrected chi connectivity index (χ4v) is 2.90. The van der Waals surface area contributed by atoms with Crippen LogP contribution < -0.4 is 5.32 Å². The van der Waals surface area contributed by atoms with Crippen molar-refractivity contribution in [3.05, 3.63) is 60.3 Å². The van der Waals surface area contributed by atoms with Gasteiger partial charge in [-0.3, -0.25) is 9.59 Å². The predicted molar refractivity (Wildman–Crippen MR) is 90.6 cm³/mol. The summed E-state index contributed by atoms with van der Waals surface area (Å²) in [4.78, 5) is 29.8. The van der Waals surface area contributed by atoms with E-state index in [4.69, 9.17) is 0 Å². The number of carbonyl (C=O) groups excluding carboxylic acids is 2. The van der Waals surface area contributed by atoms with E-state index in [9.17, 15) is 9.59 Å². The monoisotopic (exact) mass is 324 g/mol. The highest BCUT2D eigenvalue weighted by molar-refractivity contribution is 5.81. The first kappa shape index (κ1) is 16.0. The molecular formula is C18H20N4O2. The van der Waals surface area contributed by atoms with Crippen LogP contribution in [0.1, 0.15) is 30.5 Å². The summed E-state index contributed by atoms with van der Waals surface area (Å²) >= 11 is 0. The second-order valence-electron chi connectivity index (χ2n) is 5.74. The van der Waals surface area contributed by atoms with E-state index in [1.165, 1.54) is 6.92 Å². The van der Waals surface area contributed by atoms with Crippen LogP contribution >= 0.6 is 0 Å². The maximum absolute atomic E-state index is 12.3. The lowest BCUT2D eigenvalue weighted by atomic mass is 9.93. The Morgan fingerprint density at radius 3 is 2.88 bits per heavy atom. The summed E-state index contributed by atoms with van der Waals surface area (Å²) in [6.07, 6.45) is 9.18. The molecule has 3 rings (SSSR count). The predicted octanol–water partition coefficient (Wildman–Crippen LogP) is 1.96. The van der Waals surface area contributed by atoms with Crippen molar-refractivity contribution in [2.75, 3.05) is 6.54 Å². The molecule has 1 aliphatic heterocycles. The molecule has 1 atom stereocenters. The summed E-state index contributed by atoms with van der Waals surface area (Å²) in [6, 6.07) is 7.58. The van der Waals surface area contributed by atoms with Gasteiger partial charge in [-0.15, -0.1) is 0 Å². The molecule has 0 fully saturated rings. The van der Waals surface area contributed by atoms with Gasteiger partial charge in [-0.25, -0.2) is 4.98 Å². The number of amides is 2. The first-order valence-electron chi connectivity index (χ1n) is 7.93. The van der Waals surface area contributed by atoms with E-state index in [1.54, 1.807) is 23.6 Å². The maximum Gasteiger partial charge on any atom is 0.223 e. The van der Waals surface area contributed by atoms with Crippen LogP contribution in [0.25, 0.3) is 6.08 Å². The highest BCUT2D eigenvalue weighted by Crippen LogP contribution is 2.32. The molecule has 0 spiro atoms. The Bertz CT molecular complexity index is 752. The van der Waals surface area contributed by atoms with Crippen molar-refractivity contribution < 1.29 is 9.59 Å². The molecule has 1 aliphatic rings. The number of nitrogens with one attached hydrogen (secondary N) is 1. The van der Waals surface area contributed by atoms with E-state index < -0.39 is 0 Å². The zero-order valence-corrected chi connectivity index (χ0v) is 13.6. The average molecular weight is 324 g/mol. The maximum atomic E-state index is 12.3. The van der Waals surface area contributed by atoms with Gasteiger partial charge in [0, 0.05) is 38.6 Å². The second kappa shape index (κ2) is 7.12. The molecule has 124 valence electrons. The van der Waals surface area contributed by atoms with Gasteiger partial charge in [0.05, 0.1) is 18.8 Å². The Morgan fingerprint density at radius 1 is 1.29 bits per heavy atom. The molecular weight excluding hydrogens is 304 g/mol. The molecule has 0 saturated carbocycles. The lowest BCUT2D eigenvalue weighted by Gasteiger charge is -2.32. The molecule has 1 aromatic carbocycles. The number of rotatable bonds is 5. The number of benzene rings is 1. The zero-order valence-electron chi connectivity index (χ0n) is 13.6. The van der Waals surface area contributed by atoms with Crippen LogP contribution in [-0.2, 0) is 16.1 Å². The third kappa shape index (κ3) is 3.53. The fourth-order valence-electron chi connectivity index (χ4n) is 2.90. The summed E-state index contributed by atoms with van der Waals surface area (Å²) in [6.45, 7) is 2.71. The lowest BCUT2D eigenvalue weighted by molar-refractivity contribution is -0.129. The Labute approximate surface area is 140 Å². The summed E-state index contributed by atoms with van der Waals surface area (Å²) in [5.41, 5.74) is 2.05. The van der Waals surface area contributed by atoms with Crippen LogP contribution in [0.5, 0.6) is 0 Å². The minimum atomic E-state index is -0.267. The van der Waals surface area contributed by atoms with Gasteiger partial charge in [0.25, 0.3) is 0 Å². The first-order chi connectivity index (χ1) is 11.6. The Hall–Kier alpha value is -2.89. The van der Waals surface area contributed by atoms with Crippen molar-refractivity contribution in [3.8, 4) is 0 Å².